The number of carbonyl (C=O) groups is 1. The Hall–Kier alpha value is -3.43. The molecule has 2 fully saturated rings. The van der Waals surface area contributed by atoms with Crippen LogP contribution in [0.3, 0.4) is 0 Å². The second-order valence-electron chi connectivity index (χ2n) is 11.1. The van der Waals surface area contributed by atoms with E-state index in [0.29, 0.717) is 34.6 Å². The van der Waals surface area contributed by atoms with E-state index >= 15 is 4.39 Å². The molecule has 1 aliphatic carbocycles. The minimum Gasteiger partial charge on any atom is -0.393 e. The minimum absolute atomic E-state index is 0.158. The number of benzene rings is 2. The van der Waals surface area contributed by atoms with Crippen LogP contribution in [-0.4, -0.2) is 59.0 Å². The van der Waals surface area contributed by atoms with Crippen LogP contribution in [0, 0.1) is 5.82 Å². The van der Waals surface area contributed by atoms with E-state index in [1.807, 2.05) is 18.2 Å². The van der Waals surface area contributed by atoms with E-state index in [4.69, 9.17) is 17.3 Å². The number of carbonyl (C=O) groups excluding carboxylic acids is 1. The molecular formula is C30H37ClFN7O. The van der Waals surface area contributed by atoms with E-state index in [1.165, 1.54) is 18.8 Å². The molecule has 212 valence electrons. The molecule has 1 amide bonds. The van der Waals surface area contributed by atoms with Crippen molar-refractivity contribution in [1.82, 2.24) is 20.2 Å². The fourth-order valence-electron chi connectivity index (χ4n) is 5.69. The van der Waals surface area contributed by atoms with Crippen LogP contribution < -0.4 is 21.3 Å². The summed E-state index contributed by atoms with van der Waals surface area (Å²) >= 11 is 6.16. The molecule has 8 nitrogen and oxygen atoms in total. The Balaban J connectivity index is 1.46. The zero-order chi connectivity index (χ0) is 28.4. The Morgan fingerprint density at radius 2 is 1.77 bits per heavy atom. The van der Waals surface area contributed by atoms with Crippen molar-refractivity contribution in [3.05, 3.63) is 59.3 Å². The highest BCUT2D eigenvalue weighted by atomic mass is 35.5. The molecule has 2 aliphatic rings. The van der Waals surface area contributed by atoms with Gasteiger partial charge in [0.05, 0.1) is 11.4 Å². The molecule has 3 aromatic rings. The SMILES string of the molecule is C[C@@H]1CN(c2ccc(-c3ccc(C(=O)NC4CCCCC4)cc3F)cc2Nc2ncnc(Cl)c2N)C[C@H](C)N1C. The molecule has 4 N–H and O–H groups in total. The van der Waals surface area contributed by atoms with Crippen molar-refractivity contribution in [2.75, 3.05) is 36.1 Å². The Morgan fingerprint density at radius 1 is 1.05 bits per heavy atom. The van der Waals surface area contributed by atoms with Gasteiger partial charge >= 0.3 is 0 Å². The molecule has 5 rings (SSSR count). The van der Waals surface area contributed by atoms with Gasteiger partial charge in [0.25, 0.3) is 5.91 Å². The normalized spacial score (nSPS) is 20.4. The number of nitrogens with zero attached hydrogens (tertiary/aromatic N) is 4. The fraction of sp³-hybridized carbons (Fsp3) is 0.433. The van der Waals surface area contributed by atoms with Crippen molar-refractivity contribution < 1.29 is 9.18 Å². The highest BCUT2D eigenvalue weighted by molar-refractivity contribution is 6.32. The third-order valence-electron chi connectivity index (χ3n) is 8.27. The van der Waals surface area contributed by atoms with E-state index in [-0.39, 0.29) is 22.8 Å². The van der Waals surface area contributed by atoms with Crippen LogP contribution in [0.15, 0.2) is 42.7 Å². The smallest absolute Gasteiger partial charge is 0.251 e. The number of anilines is 4. The Morgan fingerprint density at radius 3 is 2.48 bits per heavy atom. The van der Waals surface area contributed by atoms with Crippen LogP contribution in [0.1, 0.15) is 56.3 Å². The van der Waals surface area contributed by atoms with Gasteiger partial charge in [-0.25, -0.2) is 14.4 Å². The zero-order valence-corrected chi connectivity index (χ0v) is 24.0. The van der Waals surface area contributed by atoms with Gasteiger partial charge in [0.2, 0.25) is 0 Å². The first-order valence-corrected chi connectivity index (χ1v) is 14.3. The van der Waals surface area contributed by atoms with E-state index in [1.54, 1.807) is 12.1 Å². The van der Waals surface area contributed by atoms with E-state index in [2.05, 4.69) is 51.3 Å². The first kappa shape index (κ1) is 28.1. The fourth-order valence-corrected chi connectivity index (χ4v) is 5.82. The zero-order valence-electron chi connectivity index (χ0n) is 23.3. The predicted molar refractivity (Wildman–Crippen MR) is 160 cm³/mol. The number of piperazine rings is 1. The first-order valence-electron chi connectivity index (χ1n) is 14.0. The monoisotopic (exact) mass is 565 g/mol. The van der Waals surface area contributed by atoms with Crippen LogP contribution in [-0.2, 0) is 0 Å². The summed E-state index contributed by atoms with van der Waals surface area (Å²) in [5.74, 6) is -0.310. The number of nitrogens with one attached hydrogen (secondary N) is 2. The summed E-state index contributed by atoms with van der Waals surface area (Å²) in [6, 6.07) is 11.3. The van der Waals surface area contributed by atoms with Gasteiger partial charge in [-0.3, -0.25) is 9.69 Å². The topological polar surface area (TPSA) is 99.4 Å². The molecule has 1 aromatic heterocycles. The predicted octanol–water partition coefficient (Wildman–Crippen LogP) is 5.85. The number of nitrogen functional groups attached to an aromatic ring is 1. The molecule has 0 unspecified atom stereocenters. The summed E-state index contributed by atoms with van der Waals surface area (Å²) < 4.78 is 15.5. The first-order chi connectivity index (χ1) is 19.2. The van der Waals surface area contributed by atoms with Crippen molar-refractivity contribution in [3.63, 3.8) is 0 Å². The number of likely N-dealkylation sites (N-methyl/N-ethyl adjacent to an activating group) is 1. The van der Waals surface area contributed by atoms with Crippen molar-refractivity contribution in [3.8, 4) is 11.1 Å². The Labute approximate surface area is 240 Å². The molecule has 0 spiro atoms. The lowest BCUT2D eigenvalue weighted by Crippen LogP contribution is -2.55. The minimum atomic E-state index is -0.457. The number of rotatable bonds is 6. The summed E-state index contributed by atoms with van der Waals surface area (Å²) in [6.45, 7) is 6.06. The molecule has 10 heteroatoms. The molecule has 2 aromatic carbocycles. The highest BCUT2D eigenvalue weighted by Gasteiger charge is 2.28. The summed E-state index contributed by atoms with van der Waals surface area (Å²) in [5, 5.41) is 6.54. The van der Waals surface area contributed by atoms with E-state index < -0.39 is 5.82 Å². The highest BCUT2D eigenvalue weighted by Crippen LogP contribution is 2.37. The quantitative estimate of drug-likeness (QED) is 0.322. The molecule has 1 saturated heterocycles. The Bertz CT molecular complexity index is 1370. The number of halogens is 2. The van der Waals surface area contributed by atoms with Crippen molar-refractivity contribution in [1.29, 1.82) is 0 Å². The maximum absolute atomic E-state index is 15.5. The van der Waals surface area contributed by atoms with Gasteiger partial charge < -0.3 is 21.3 Å². The van der Waals surface area contributed by atoms with Crippen molar-refractivity contribution in [2.24, 2.45) is 0 Å². The maximum Gasteiger partial charge on any atom is 0.251 e. The van der Waals surface area contributed by atoms with Crippen molar-refractivity contribution >= 4 is 40.4 Å². The second-order valence-corrected chi connectivity index (χ2v) is 11.4. The third kappa shape index (κ3) is 6.00. The van der Waals surface area contributed by atoms with Gasteiger partial charge in [-0.05, 0) is 63.6 Å². The number of hydrogen-bond donors (Lipinski definition) is 3. The average molecular weight is 566 g/mol. The van der Waals surface area contributed by atoms with Crippen LogP contribution in [0.5, 0.6) is 0 Å². The van der Waals surface area contributed by atoms with Gasteiger partial charge in [0.1, 0.15) is 17.8 Å². The van der Waals surface area contributed by atoms with E-state index in [9.17, 15) is 4.79 Å². The maximum atomic E-state index is 15.5. The summed E-state index contributed by atoms with van der Waals surface area (Å²) in [4.78, 5) is 25.7. The van der Waals surface area contributed by atoms with Crippen LogP contribution >= 0.6 is 11.6 Å². The van der Waals surface area contributed by atoms with Gasteiger partial charge in [-0.1, -0.05) is 43.0 Å². The summed E-state index contributed by atoms with van der Waals surface area (Å²) in [5.41, 5.74) is 9.47. The molecule has 0 bridgehead atoms. The number of amides is 1. The molecule has 2 atom stereocenters. The number of nitrogens with two attached hydrogens (primary N) is 1. The lowest BCUT2D eigenvalue weighted by molar-refractivity contribution is 0.0927. The van der Waals surface area contributed by atoms with Gasteiger partial charge in [0.15, 0.2) is 11.0 Å². The van der Waals surface area contributed by atoms with Gasteiger partial charge in [0, 0.05) is 42.3 Å². The van der Waals surface area contributed by atoms with Gasteiger partial charge in [-0.2, -0.15) is 0 Å². The number of aromatic nitrogens is 2. The molecule has 0 radical (unpaired) electrons. The average Bonchev–Trinajstić information content (AvgIpc) is 2.94. The van der Waals surface area contributed by atoms with Crippen molar-refractivity contribution in [2.45, 2.75) is 64.1 Å². The van der Waals surface area contributed by atoms with Crippen LogP contribution in [0.4, 0.5) is 27.3 Å². The molecule has 1 saturated carbocycles. The van der Waals surface area contributed by atoms with Crippen LogP contribution in [0.2, 0.25) is 5.15 Å². The molecule has 1 aliphatic heterocycles. The standard InChI is InChI=1S/C30H37ClFN7O/c1-18-15-39(16-19(2)38(18)3)26-12-10-20(14-25(26)37-29-27(33)28(31)34-17-35-29)23-11-9-21(13-24(23)32)30(40)36-22-7-5-4-6-8-22/h9-14,17-19,22H,4-8,15-16,33H2,1-3H3,(H,36,40)(H,34,35,37)/t18-,19+. The largest absolute Gasteiger partial charge is 0.393 e. The van der Waals surface area contributed by atoms with Crippen LogP contribution in [0.25, 0.3) is 11.1 Å². The molecular weight excluding hydrogens is 529 g/mol. The Kier molecular flexibility index (Phi) is 8.42. The summed E-state index contributed by atoms with van der Waals surface area (Å²) in [6.07, 6.45) is 6.73. The second kappa shape index (κ2) is 12.0. The number of hydrogen-bond acceptors (Lipinski definition) is 7. The lowest BCUT2D eigenvalue weighted by atomic mass is 9.95. The van der Waals surface area contributed by atoms with Gasteiger partial charge in [-0.15, -0.1) is 0 Å². The lowest BCUT2D eigenvalue weighted by Gasteiger charge is -2.44. The molecule has 40 heavy (non-hydrogen) atoms. The molecule has 2 heterocycles. The summed E-state index contributed by atoms with van der Waals surface area (Å²) in [7, 11) is 2.14. The van der Waals surface area contributed by atoms with E-state index in [0.717, 1.165) is 50.1 Å². The third-order valence-corrected chi connectivity index (χ3v) is 8.57.